The molecule has 2 aromatic carbocycles. The van der Waals surface area contributed by atoms with Crippen molar-refractivity contribution in [3.63, 3.8) is 0 Å². The Bertz CT molecular complexity index is 598. The van der Waals surface area contributed by atoms with Crippen molar-refractivity contribution in [3.05, 3.63) is 71.5 Å². The molecule has 0 fully saturated rings. The van der Waals surface area contributed by atoms with Gasteiger partial charge in [0.25, 0.3) is 0 Å². The molecule has 1 atom stereocenters. The average Bonchev–Trinajstić information content (AvgIpc) is 2.53. The Morgan fingerprint density at radius 2 is 1.76 bits per heavy atom. The van der Waals surface area contributed by atoms with E-state index >= 15 is 0 Å². The van der Waals surface area contributed by atoms with Gasteiger partial charge in [-0.3, -0.25) is 5.32 Å². The highest BCUT2D eigenvalue weighted by atomic mass is 19.1. The predicted octanol–water partition coefficient (Wildman–Crippen LogP) is 3.00. The molecule has 0 spiro atoms. The first-order chi connectivity index (χ1) is 10.1. The van der Waals surface area contributed by atoms with E-state index in [9.17, 15) is 9.18 Å². The van der Waals surface area contributed by atoms with Crippen molar-refractivity contribution >= 4 is 5.97 Å². The van der Waals surface area contributed by atoms with Gasteiger partial charge in [-0.15, -0.1) is 0 Å². The second kappa shape index (κ2) is 6.50. The lowest BCUT2D eigenvalue weighted by atomic mass is 9.91. The Morgan fingerprint density at radius 1 is 1.14 bits per heavy atom. The first-order valence-electron chi connectivity index (χ1n) is 6.69. The van der Waals surface area contributed by atoms with Crippen molar-refractivity contribution in [1.82, 2.24) is 5.32 Å². The van der Waals surface area contributed by atoms with Gasteiger partial charge in [-0.25, -0.2) is 9.18 Å². The Labute approximate surface area is 123 Å². The van der Waals surface area contributed by atoms with Crippen molar-refractivity contribution in [2.45, 2.75) is 19.0 Å². The maximum atomic E-state index is 13.1. The zero-order valence-corrected chi connectivity index (χ0v) is 12.1. The Kier molecular flexibility index (Phi) is 4.70. The molecule has 0 aromatic heterocycles. The van der Waals surface area contributed by atoms with Crippen molar-refractivity contribution in [3.8, 4) is 0 Å². The lowest BCUT2D eigenvalue weighted by Crippen LogP contribution is -2.47. The van der Waals surface area contributed by atoms with Crippen LogP contribution < -0.4 is 5.32 Å². The highest BCUT2D eigenvalue weighted by Gasteiger charge is 2.35. The molecular weight excluding hydrogens is 269 g/mol. The molecule has 0 saturated heterocycles. The maximum absolute atomic E-state index is 13.1. The third-order valence-electron chi connectivity index (χ3n) is 3.50. The van der Waals surface area contributed by atoms with Crippen molar-refractivity contribution in [2.24, 2.45) is 0 Å². The van der Waals surface area contributed by atoms with Crippen LogP contribution in [0.4, 0.5) is 4.39 Å². The van der Waals surface area contributed by atoms with Gasteiger partial charge in [0.1, 0.15) is 11.4 Å². The van der Waals surface area contributed by atoms with Crippen LogP contribution >= 0.6 is 0 Å². The van der Waals surface area contributed by atoms with Gasteiger partial charge in [0, 0.05) is 6.54 Å². The zero-order chi connectivity index (χ0) is 15.3. The minimum absolute atomic E-state index is 0.339. The normalized spacial score (nSPS) is 13.5. The predicted molar refractivity (Wildman–Crippen MR) is 79.0 cm³/mol. The van der Waals surface area contributed by atoms with E-state index in [0.29, 0.717) is 12.1 Å². The van der Waals surface area contributed by atoms with Gasteiger partial charge in [0.05, 0.1) is 7.11 Å². The number of hydrogen-bond donors (Lipinski definition) is 1. The molecule has 0 saturated carbocycles. The number of rotatable bonds is 5. The van der Waals surface area contributed by atoms with E-state index in [1.807, 2.05) is 30.3 Å². The number of carbonyl (C=O) groups is 1. The summed E-state index contributed by atoms with van der Waals surface area (Å²) in [5, 5.41) is 3.20. The van der Waals surface area contributed by atoms with E-state index in [2.05, 4.69) is 5.32 Å². The van der Waals surface area contributed by atoms with Crippen molar-refractivity contribution in [2.75, 3.05) is 7.11 Å². The van der Waals surface area contributed by atoms with E-state index in [-0.39, 0.29) is 5.82 Å². The van der Waals surface area contributed by atoms with Crippen LogP contribution in [0.5, 0.6) is 0 Å². The summed E-state index contributed by atoms with van der Waals surface area (Å²) in [7, 11) is 1.34. The monoisotopic (exact) mass is 287 g/mol. The molecule has 1 unspecified atom stereocenters. The molecule has 110 valence electrons. The minimum atomic E-state index is -1.03. The lowest BCUT2D eigenvalue weighted by Gasteiger charge is -2.28. The lowest BCUT2D eigenvalue weighted by molar-refractivity contribution is -0.148. The molecular formula is C17H18FNO2. The molecule has 0 bridgehead atoms. The second-order valence-corrected chi connectivity index (χ2v) is 4.96. The van der Waals surface area contributed by atoms with Crippen LogP contribution in [0.1, 0.15) is 18.1 Å². The third kappa shape index (κ3) is 3.47. The molecule has 0 aliphatic carbocycles. The molecule has 2 aromatic rings. The Hall–Kier alpha value is -2.20. The largest absolute Gasteiger partial charge is 0.467 e. The van der Waals surface area contributed by atoms with Crippen LogP contribution in [0.25, 0.3) is 0 Å². The highest BCUT2D eigenvalue weighted by molar-refractivity contribution is 5.82. The second-order valence-electron chi connectivity index (χ2n) is 4.96. The van der Waals surface area contributed by atoms with Crippen LogP contribution in [-0.2, 0) is 21.6 Å². The molecule has 2 rings (SSSR count). The van der Waals surface area contributed by atoms with E-state index in [0.717, 1.165) is 5.56 Å². The van der Waals surface area contributed by atoms with E-state index in [4.69, 9.17) is 4.74 Å². The summed E-state index contributed by atoms with van der Waals surface area (Å²) in [6.45, 7) is 2.23. The van der Waals surface area contributed by atoms with Gasteiger partial charge in [-0.05, 0) is 30.2 Å². The zero-order valence-electron chi connectivity index (χ0n) is 12.1. The topological polar surface area (TPSA) is 38.3 Å². The van der Waals surface area contributed by atoms with Gasteiger partial charge < -0.3 is 4.74 Å². The van der Waals surface area contributed by atoms with Crippen LogP contribution in [0.15, 0.2) is 54.6 Å². The van der Waals surface area contributed by atoms with Gasteiger partial charge in [-0.1, -0.05) is 42.5 Å². The molecule has 0 radical (unpaired) electrons. The summed E-state index contributed by atoms with van der Waals surface area (Å²) in [6.07, 6.45) is 0. The molecule has 4 heteroatoms. The molecule has 3 nitrogen and oxygen atoms in total. The number of nitrogens with one attached hydrogen (secondary N) is 1. The minimum Gasteiger partial charge on any atom is -0.467 e. The van der Waals surface area contributed by atoms with Crippen LogP contribution in [0, 0.1) is 5.82 Å². The van der Waals surface area contributed by atoms with Crippen molar-refractivity contribution in [1.29, 1.82) is 0 Å². The fourth-order valence-corrected chi connectivity index (χ4v) is 2.15. The van der Waals surface area contributed by atoms with Gasteiger partial charge in [0.2, 0.25) is 0 Å². The van der Waals surface area contributed by atoms with Gasteiger partial charge in [-0.2, -0.15) is 0 Å². The summed E-state index contributed by atoms with van der Waals surface area (Å²) in [5.41, 5.74) is 0.680. The number of methoxy groups -OCH3 is 1. The fraction of sp³-hybridized carbons (Fsp3) is 0.235. The summed E-state index contributed by atoms with van der Waals surface area (Å²) in [4.78, 5) is 12.2. The van der Waals surface area contributed by atoms with E-state index in [1.165, 1.54) is 19.2 Å². The number of carbonyl (C=O) groups excluding carboxylic acids is 1. The number of hydrogen-bond acceptors (Lipinski definition) is 3. The van der Waals surface area contributed by atoms with E-state index < -0.39 is 11.5 Å². The Balaban J connectivity index is 2.25. The quantitative estimate of drug-likeness (QED) is 0.859. The SMILES string of the molecule is COC(=O)C(C)(NCc1ccccc1)c1ccc(F)cc1. The van der Waals surface area contributed by atoms with Gasteiger partial charge in [0.15, 0.2) is 0 Å². The maximum Gasteiger partial charge on any atom is 0.330 e. The fourth-order valence-electron chi connectivity index (χ4n) is 2.15. The average molecular weight is 287 g/mol. The van der Waals surface area contributed by atoms with Gasteiger partial charge >= 0.3 is 5.97 Å². The van der Waals surface area contributed by atoms with Crippen molar-refractivity contribution < 1.29 is 13.9 Å². The van der Waals surface area contributed by atoms with Crippen LogP contribution in [0.2, 0.25) is 0 Å². The summed E-state index contributed by atoms with van der Waals surface area (Å²) in [6, 6.07) is 15.6. The number of benzene rings is 2. The number of ether oxygens (including phenoxy) is 1. The molecule has 0 heterocycles. The third-order valence-corrected chi connectivity index (χ3v) is 3.50. The van der Waals surface area contributed by atoms with E-state index in [1.54, 1.807) is 19.1 Å². The standard InChI is InChI=1S/C17H18FNO2/c1-17(16(20)21-2,14-8-10-15(18)11-9-14)19-12-13-6-4-3-5-7-13/h3-11,19H,12H2,1-2H3. The molecule has 1 N–H and O–H groups in total. The molecule has 21 heavy (non-hydrogen) atoms. The number of esters is 1. The molecule has 0 aliphatic heterocycles. The smallest absolute Gasteiger partial charge is 0.330 e. The molecule has 0 amide bonds. The van der Waals surface area contributed by atoms with Crippen LogP contribution in [0.3, 0.4) is 0 Å². The van der Waals surface area contributed by atoms with Crippen LogP contribution in [-0.4, -0.2) is 13.1 Å². The Morgan fingerprint density at radius 3 is 2.33 bits per heavy atom. The highest BCUT2D eigenvalue weighted by Crippen LogP contribution is 2.23. The first-order valence-corrected chi connectivity index (χ1v) is 6.69. The molecule has 0 aliphatic rings. The summed E-state index contributed by atoms with van der Waals surface area (Å²) >= 11 is 0. The number of halogens is 1. The first kappa shape index (κ1) is 15.2. The summed E-state index contributed by atoms with van der Waals surface area (Å²) < 4.78 is 18.0. The summed E-state index contributed by atoms with van der Waals surface area (Å²) in [5.74, 6) is -0.751.